The minimum atomic E-state index is -0.422. The summed E-state index contributed by atoms with van der Waals surface area (Å²) in [5.74, 6) is 0. The van der Waals surface area contributed by atoms with Crippen molar-refractivity contribution in [2.75, 3.05) is 5.32 Å². The number of aromatic nitrogens is 3. The number of para-hydroxylation sites is 1. The van der Waals surface area contributed by atoms with Gasteiger partial charge in [0.15, 0.2) is 0 Å². The summed E-state index contributed by atoms with van der Waals surface area (Å²) in [5, 5.41) is 19.2. The standard InChI is InChI=1S/C14H13N5O2/c1-2-18-9-10(8-16-18)17-12-6-7-15-14-11(12)4-3-5-13(14)19(20)21/h3-9H,2H2,1H3,(H,15,17). The molecule has 1 aromatic carbocycles. The molecular formula is C14H13N5O2. The highest BCUT2D eigenvalue weighted by Gasteiger charge is 2.14. The molecule has 1 N–H and O–H groups in total. The van der Waals surface area contributed by atoms with Crippen LogP contribution in [-0.4, -0.2) is 19.7 Å². The Balaban J connectivity index is 2.06. The van der Waals surface area contributed by atoms with E-state index in [-0.39, 0.29) is 5.69 Å². The molecule has 0 saturated heterocycles. The number of nitrogens with zero attached hydrogens (tertiary/aromatic N) is 4. The third-order valence-corrected chi connectivity index (χ3v) is 3.18. The van der Waals surface area contributed by atoms with E-state index in [2.05, 4.69) is 15.4 Å². The predicted molar refractivity (Wildman–Crippen MR) is 79.6 cm³/mol. The Bertz CT molecular complexity index is 812. The van der Waals surface area contributed by atoms with Crippen LogP contribution in [0.4, 0.5) is 17.1 Å². The topological polar surface area (TPSA) is 85.9 Å². The summed E-state index contributed by atoms with van der Waals surface area (Å²) in [6.07, 6.45) is 5.15. The van der Waals surface area contributed by atoms with Crippen molar-refractivity contribution in [3.63, 3.8) is 0 Å². The van der Waals surface area contributed by atoms with Gasteiger partial charge in [-0.15, -0.1) is 0 Å². The monoisotopic (exact) mass is 283 g/mol. The molecule has 7 heteroatoms. The van der Waals surface area contributed by atoms with E-state index in [1.54, 1.807) is 29.2 Å². The fraction of sp³-hybridized carbons (Fsp3) is 0.143. The first-order valence-electron chi connectivity index (χ1n) is 6.50. The van der Waals surface area contributed by atoms with Gasteiger partial charge in [-0.3, -0.25) is 14.8 Å². The van der Waals surface area contributed by atoms with Crippen molar-refractivity contribution in [2.45, 2.75) is 13.5 Å². The van der Waals surface area contributed by atoms with E-state index in [1.165, 1.54) is 6.07 Å². The maximum absolute atomic E-state index is 11.1. The minimum Gasteiger partial charge on any atom is -0.352 e. The van der Waals surface area contributed by atoms with Gasteiger partial charge in [-0.05, 0) is 13.0 Å². The average Bonchev–Trinajstić information content (AvgIpc) is 2.94. The molecule has 21 heavy (non-hydrogen) atoms. The molecule has 3 rings (SSSR count). The second kappa shape index (κ2) is 5.20. The molecule has 0 bridgehead atoms. The van der Waals surface area contributed by atoms with Gasteiger partial charge in [0.2, 0.25) is 0 Å². The molecular weight excluding hydrogens is 270 g/mol. The smallest absolute Gasteiger partial charge is 0.295 e. The molecule has 106 valence electrons. The largest absolute Gasteiger partial charge is 0.352 e. The van der Waals surface area contributed by atoms with Crippen LogP contribution in [0.25, 0.3) is 10.9 Å². The van der Waals surface area contributed by atoms with Crippen LogP contribution < -0.4 is 5.32 Å². The lowest BCUT2D eigenvalue weighted by Gasteiger charge is -2.07. The lowest BCUT2D eigenvalue weighted by molar-refractivity contribution is -0.383. The Morgan fingerprint density at radius 1 is 1.38 bits per heavy atom. The Labute approximate surface area is 120 Å². The number of nitro groups is 1. The lowest BCUT2D eigenvalue weighted by Crippen LogP contribution is -1.95. The van der Waals surface area contributed by atoms with Crippen molar-refractivity contribution < 1.29 is 4.92 Å². The van der Waals surface area contributed by atoms with Gasteiger partial charge in [0, 0.05) is 36.1 Å². The maximum atomic E-state index is 11.1. The molecule has 0 aliphatic heterocycles. The van der Waals surface area contributed by atoms with Gasteiger partial charge in [-0.25, -0.2) is 4.98 Å². The van der Waals surface area contributed by atoms with E-state index < -0.39 is 4.92 Å². The molecule has 2 heterocycles. The first-order valence-corrected chi connectivity index (χ1v) is 6.50. The van der Waals surface area contributed by atoms with Crippen molar-refractivity contribution in [3.8, 4) is 0 Å². The van der Waals surface area contributed by atoms with Crippen molar-refractivity contribution in [2.24, 2.45) is 0 Å². The fourth-order valence-corrected chi connectivity index (χ4v) is 2.17. The van der Waals surface area contributed by atoms with Gasteiger partial charge in [0.1, 0.15) is 5.52 Å². The minimum absolute atomic E-state index is 0.000373. The Morgan fingerprint density at radius 3 is 2.95 bits per heavy atom. The summed E-state index contributed by atoms with van der Waals surface area (Å²) < 4.78 is 1.80. The van der Waals surface area contributed by atoms with E-state index in [4.69, 9.17) is 0 Å². The molecule has 7 nitrogen and oxygen atoms in total. The number of hydrogen-bond acceptors (Lipinski definition) is 5. The second-order valence-corrected chi connectivity index (χ2v) is 4.50. The number of hydrogen-bond donors (Lipinski definition) is 1. The van der Waals surface area contributed by atoms with E-state index in [1.807, 2.05) is 19.2 Å². The molecule has 3 aromatic rings. The molecule has 0 radical (unpaired) electrons. The van der Waals surface area contributed by atoms with E-state index in [0.717, 1.165) is 17.9 Å². The number of rotatable bonds is 4. The van der Waals surface area contributed by atoms with Crippen LogP contribution in [0.2, 0.25) is 0 Å². The molecule has 0 spiro atoms. The van der Waals surface area contributed by atoms with Gasteiger partial charge >= 0.3 is 0 Å². The molecule has 0 saturated carbocycles. The number of fused-ring (bicyclic) bond motifs is 1. The summed E-state index contributed by atoms with van der Waals surface area (Å²) in [6.45, 7) is 2.78. The number of nitro benzene ring substituents is 1. The summed E-state index contributed by atoms with van der Waals surface area (Å²) >= 11 is 0. The SMILES string of the molecule is CCn1cc(Nc2ccnc3c([N+](=O)[O-])cccc23)cn1. The molecule has 0 fully saturated rings. The van der Waals surface area contributed by atoms with Crippen LogP contribution >= 0.6 is 0 Å². The molecule has 2 aromatic heterocycles. The number of pyridine rings is 1. The zero-order chi connectivity index (χ0) is 14.8. The molecule has 0 aliphatic carbocycles. The zero-order valence-corrected chi connectivity index (χ0v) is 11.4. The van der Waals surface area contributed by atoms with Crippen LogP contribution in [0.1, 0.15) is 6.92 Å². The summed E-state index contributed by atoms with van der Waals surface area (Å²) in [6, 6.07) is 6.70. The first kappa shape index (κ1) is 13.0. The normalized spacial score (nSPS) is 10.7. The van der Waals surface area contributed by atoms with Crippen LogP contribution in [-0.2, 0) is 6.54 Å². The quantitative estimate of drug-likeness (QED) is 0.587. The van der Waals surface area contributed by atoms with Crippen LogP contribution in [0.5, 0.6) is 0 Å². The summed E-state index contributed by atoms with van der Waals surface area (Å²) in [5.41, 5.74) is 1.96. The van der Waals surface area contributed by atoms with Gasteiger partial charge in [-0.1, -0.05) is 12.1 Å². The highest BCUT2D eigenvalue weighted by Crippen LogP contribution is 2.30. The van der Waals surface area contributed by atoms with Gasteiger partial charge in [0.05, 0.1) is 16.8 Å². The number of nitrogens with one attached hydrogen (secondary N) is 1. The molecule has 0 aliphatic rings. The van der Waals surface area contributed by atoms with Crippen molar-refractivity contribution in [3.05, 3.63) is 53.0 Å². The highest BCUT2D eigenvalue weighted by atomic mass is 16.6. The number of aryl methyl sites for hydroxylation is 1. The fourth-order valence-electron chi connectivity index (χ4n) is 2.17. The van der Waals surface area contributed by atoms with Gasteiger partial charge in [-0.2, -0.15) is 5.10 Å². The summed E-state index contributed by atoms with van der Waals surface area (Å²) in [4.78, 5) is 14.8. The van der Waals surface area contributed by atoms with E-state index in [0.29, 0.717) is 10.9 Å². The molecule has 0 amide bonds. The Kier molecular flexibility index (Phi) is 3.23. The van der Waals surface area contributed by atoms with Crippen molar-refractivity contribution in [1.29, 1.82) is 0 Å². The predicted octanol–water partition coefficient (Wildman–Crippen LogP) is 3.10. The molecule has 0 atom stereocenters. The highest BCUT2D eigenvalue weighted by molar-refractivity contribution is 5.97. The van der Waals surface area contributed by atoms with Crippen LogP contribution in [0.15, 0.2) is 42.9 Å². The van der Waals surface area contributed by atoms with Crippen LogP contribution in [0.3, 0.4) is 0 Å². The average molecular weight is 283 g/mol. The van der Waals surface area contributed by atoms with Gasteiger partial charge < -0.3 is 5.32 Å². The first-order chi connectivity index (χ1) is 10.2. The lowest BCUT2D eigenvalue weighted by atomic mass is 10.1. The van der Waals surface area contributed by atoms with Crippen molar-refractivity contribution in [1.82, 2.24) is 14.8 Å². The third kappa shape index (κ3) is 2.40. The third-order valence-electron chi connectivity index (χ3n) is 3.18. The van der Waals surface area contributed by atoms with Crippen LogP contribution in [0, 0.1) is 10.1 Å². The second-order valence-electron chi connectivity index (χ2n) is 4.50. The van der Waals surface area contributed by atoms with Crippen molar-refractivity contribution >= 4 is 28.0 Å². The maximum Gasteiger partial charge on any atom is 0.295 e. The van der Waals surface area contributed by atoms with Gasteiger partial charge in [0.25, 0.3) is 5.69 Å². The molecule has 0 unspecified atom stereocenters. The number of non-ortho nitro benzene ring substituents is 1. The summed E-state index contributed by atoms with van der Waals surface area (Å²) in [7, 11) is 0. The number of anilines is 2. The van der Waals surface area contributed by atoms with E-state index in [9.17, 15) is 10.1 Å². The Morgan fingerprint density at radius 2 is 2.24 bits per heavy atom. The number of benzene rings is 1. The van der Waals surface area contributed by atoms with E-state index >= 15 is 0 Å². The zero-order valence-electron chi connectivity index (χ0n) is 11.4. The Hall–Kier alpha value is -2.96.